The standard InChI is InChI=1S/C17H20N2O3S/c1-17(2,3)19-18-11-12-7-8-13(14(10-12)21-4)22-16(20)15-6-5-9-23-15/h5-11,19H,1-4H3/b18-11+. The highest BCUT2D eigenvalue weighted by atomic mass is 32.1. The monoisotopic (exact) mass is 332 g/mol. The number of nitrogens with zero attached hydrogens (tertiary/aromatic N) is 1. The summed E-state index contributed by atoms with van der Waals surface area (Å²) in [6, 6.07) is 8.81. The predicted octanol–water partition coefficient (Wildman–Crippen LogP) is 3.70. The molecule has 0 radical (unpaired) electrons. The number of hydrogen-bond donors (Lipinski definition) is 1. The van der Waals surface area contributed by atoms with Crippen molar-refractivity contribution in [1.82, 2.24) is 5.43 Å². The molecule has 0 aliphatic heterocycles. The molecule has 0 bridgehead atoms. The van der Waals surface area contributed by atoms with E-state index in [-0.39, 0.29) is 5.54 Å². The summed E-state index contributed by atoms with van der Waals surface area (Å²) in [4.78, 5) is 12.6. The number of carbonyl (C=O) groups is 1. The molecule has 0 spiro atoms. The van der Waals surface area contributed by atoms with Crippen LogP contribution in [-0.4, -0.2) is 24.8 Å². The van der Waals surface area contributed by atoms with Gasteiger partial charge in [0.05, 0.1) is 13.3 Å². The van der Waals surface area contributed by atoms with Gasteiger partial charge in [0, 0.05) is 5.54 Å². The zero-order valence-electron chi connectivity index (χ0n) is 13.6. The van der Waals surface area contributed by atoms with Gasteiger partial charge >= 0.3 is 5.97 Å². The summed E-state index contributed by atoms with van der Waals surface area (Å²) in [5.74, 6) is 0.468. The number of ether oxygens (including phenoxy) is 2. The first kappa shape index (κ1) is 17.0. The largest absolute Gasteiger partial charge is 0.493 e. The van der Waals surface area contributed by atoms with Crippen LogP contribution in [0.5, 0.6) is 11.5 Å². The zero-order valence-corrected chi connectivity index (χ0v) is 14.4. The number of hydrazone groups is 1. The molecule has 0 aliphatic carbocycles. The van der Waals surface area contributed by atoms with Crippen LogP contribution in [-0.2, 0) is 0 Å². The lowest BCUT2D eigenvalue weighted by Crippen LogP contribution is -2.31. The smallest absolute Gasteiger partial charge is 0.353 e. The van der Waals surface area contributed by atoms with E-state index in [1.54, 1.807) is 30.5 Å². The molecule has 0 fully saturated rings. The number of hydrogen-bond acceptors (Lipinski definition) is 6. The number of benzene rings is 1. The second-order valence-corrected chi connectivity index (χ2v) is 6.84. The first-order chi connectivity index (χ1) is 10.9. The van der Waals surface area contributed by atoms with Crippen molar-refractivity contribution in [3.63, 3.8) is 0 Å². The maximum Gasteiger partial charge on any atom is 0.353 e. The first-order valence-corrected chi connectivity index (χ1v) is 8.01. The number of methoxy groups -OCH3 is 1. The van der Waals surface area contributed by atoms with Crippen LogP contribution in [0.1, 0.15) is 36.0 Å². The van der Waals surface area contributed by atoms with Crippen LogP contribution in [0.4, 0.5) is 0 Å². The fraction of sp³-hybridized carbons (Fsp3) is 0.294. The average molecular weight is 332 g/mol. The second kappa shape index (κ2) is 7.28. The van der Waals surface area contributed by atoms with E-state index in [0.29, 0.717) is 16.4 Å². The van der Waals surface area contributed by atoms with E-state index < -0.39 is 5.97 Å². The van der Waals surface area contributed by atoms with Crippen LogP contribution in [0.25, 0.3) is 0 Å². The van der Waals surface area contributed by atoms with Gasteiger partial charge in [0.2, 0.25) is 0 Å². The van der Waals surface area contributed by atoms with Gasteiger partial charge in [-0.05, 0) is 56.0 Å². The highest BCUT2D eigenvalue weighted by molar-refractivity contribution is 7.12. The summed E-state index contributed by atoms with van der Waals surface area (Å²) < 4.78 is 10.7. The van der Waals surface area contributed by atoms with E-state index in [4.69, 9.17) is 9.47 Å². The Balaban J connectivity index is 2.12. The normalized spacial score (nSPS) is 11.5. The highest BCUT2D eigenvalue weighted by Crippen LogP contribution is 2.28. The van der Waals surface area contributed by atoms with E-state index >= 15 is 0 Å². The Kier molecular flexibility index (Phi) is 5.39. The van der Waals surface area contributed by atoms with Gasteiger partial charge in [0.1, 0.15) is 4.88 Å². The van der Waals surface area contributed by atoms with Gasteiger partial charge in [-0.2, -0.15) is 5.10 Å². The molecule has 23 heavy (non-hydrogen) atoms. The van der Waals surface area contributed by atoms with Crippen molar-refractivity contribution >= 4 is 23.5 Å². The molecule has 5 nitrogen and oxygen atoms in total. The van der Waals surface area contributed by atoms with Crippen LogP contribution in [0.15, 0.2) is 40.8 Å². The molecule has 0 saturated heterocycles. The Morgan fingerprint density at radius 1 is 1.26 bits per heavy atom. The van der Waals surface area contributed by atoms with Gasteiger partial charge in [-0.3, -0.25) is 0 Å². The molecule has 6 heteroatoms. The minimum absolute atomic E-state index is 0.100. The zero-order chi connectivity index (χ0) is 16.9. The fourth-order valence-corrected chi connectivity index (χ4v) is 2.29. The Labute approximate surface area is 139 Å². The summed E-state index contributed by atoms with van der Waals surface area (Å²) in [7, 11) is 1.53. The van der Waals surface area contributed by atoms with E-state index in [1.165, 1.54) is 18.4 Å². The summed E-state index contributed by atoms with van der Waals surface area (Å²) >= 11 is 1.34. The average Bonchev–Trinajstić information content (AvgIpc) is 3.01. The maximum atomic E-state index is 12.0. The van der Waals surface area contributed by atoms with Gasteiger partial charge in [0.25, 0.3) is 0 Å². The molecule has 1 aromatic carbocycles. The lowest BCUT2D eigenvalue weighted by atomic mass is 10.1. The Bertz CT molecular complexity index is 688. The molecule has 0 unspecified atom stereocenters. The topological polar surface area (TPSA) is 59.9 Å². The first-order valence-electron chi connectivity index (χ1n) is 7.13. The summed E-state index contributed by atoms with van der Waals surface area (Å²) in [6.07, 6.45) is 1.69. The summed E-state index contributed by atoms with van der Waals surface area (Å²) in [5.41, 5.74) is 3.76. The minimum Gasteiger partial charge on any atom is -0.493 e. The van der Waals surface area contributed by atoms with Gasteiger partial charge < -0.3 is 14.9 Å². The second-order valence-electron chi connectivity index (χ2n) is 5.90. The number of thiophene rings is 1. The summed E-state index contributed by atoms with van der Waals surface area (Å²) in [5, 5.41) is 6.01. The molecule has 2 aromatic rings. The van der Waals surface area contributed by atoms with Gasteiger partial charge in [-0.25, -0.2) is 4.79 Å². The SMILES string of the molecule is COc1cc(/C=N/NC(C)(C)C)ccc1OC(=O)c1cccs1. The van der Waals surface area contributed by atoms with E-state index in [0.717, 1.165) is 5.56 Å². The molecular formula is C17H20N2O3S. The van der Waals surface area contributed by atoms with Gasteiger partial charge in [0.15, 0.2) is 11.5 Å². The van der Waals surface area contributed by atoms with Crippen molar-refractivity contribution in [1.29, 1.82) is 0 Å². The fourth-order valence-electron chi connectivity index (χ4n) is 1.69. The molecule has 1 aromatic heterocycles. The van der Waals surface area contributed by atoms with Crippen molar-refractivity contribution in [2.45, 2.75) is 26.3 Å². The van der Waals surface area contributed by atoms with Crippen molar-refractivity contribution < 1.29 is 14.3 Å². The molecule has 0 atom stereocenters. The van der Waals surface area contributed by atoms with Gasteiger partial charge in [-0.1, -0.05) is 6.07 Å². The predicted molar refractivity (Wildman–Crippen MR) is 92.8 cm³/mol. The lowest BCUT2D eigenvalue weighted by Gasteiger charge is -2.17. The molecule has 1 heterocycles. The quantitative estimate of drug-likeness (QED) is 0.392. The third kappa shape index (κ3) is 5.10. The number of carbonyl (C=O) groups excluding carboxylic acids is 1. The van der Waals surface area contributed by atoms with Crippen molar-refractivity contribution in [3.8, 4) is 11.5 Å². The molecule has 0 aliphatic rings. The van der Waals surface area contributed by atoms with Crippen LogP contribution < -0.4 is 14.9 Å². The summed E-state index contributed by atoms with van der Waals surface area (Å²) in [6.45, 7) is 6.08. The molecule has 0 amide bonds. The molecular weight excluding hydrogens is 312 g/mol. The number of esters is 1. The third-order valence-electron chi connectivity index (χ3n) is 2.73. The number of rotatable bonds is 5. The number of nitrogens with one attached hydrogen (secondary N) is 1. The molecule has 1 N–H and O–H groups in total. The van der Waals surface area contributed by atoms with Crippen LogP contribution in [0.2, 0.25) is 0 Å². The maximum absolute atomic E-state index is 12.0. The lowest BCUT2D eigenvalue weighted by molar-refractivity contribution is 0.0735. The Hall–Kier alpha value is -2.34. The highest BCUT2D eigenvalue weighted by Gasteiger charge is 2.13. The van der Waals surface area contributed by atoms with E-state index in [1.807, 2.05) is 32.2 Å². The molecule has 0 saturated carbocycles. The molecule has 122 valence electrons. The van der Waals surface area contributed by atoms with Crippen molar-refractivity contribution in [3.05, 3.63) is 46.2 Å². The van der Waals surface area contributed by atoms with E-state index in [2.05, 4.69) is 10.5 Å². The Morgan fingerprint density at radius 3 is 2.65 bits per heavy atom. The van der Waals surface area contributed by atoms with E-state index in [9.17, 15) is 4.79 Å². The van der Waals surface area contributed by atoms with Crippen LogP contribution in [0, 0.1) is 0 Å². The minimum atomic E-state index is -0.394. The van der Waals surface area contributed by atoms with Crippen LogP contribution in [0.3, 0.4) is 0 Å². The van der Waals surface area contributed by atoms with Crippen LogP contribution >= 0.6 is 11.3 Å². The van der Waals surface area contributed by atoms with Crippen molar-refractivity contribution in [2.75, 3.05) is 7.11 Å². The Morgan fingerprint density at radius 2 is 2.04 bits per heavy atom. The molecule has 2 rings (SSSR count). The van der Waals surface area contributed by atoms with Crippen molar-refractivity contribution in [2.24, 2.45) is 5.10 Å². The third-order valence-corrected chi connectivity index (χ3v) is 3.58. The van der Waals surface area contributed by atoms with Gasteiger partial charge in [-0.15, -0.1) is 11.3 Å².